The molecule has 3 heteroatoms. The van der Waals surface area contributed by atoms with Crippen LogP contribution in [-0.2, 0) is 11.1 Å². The van der Waals surface area contributed by atoms with Crippen molar-refractivity contribution in [2.45, 2.75) is 4.90 Å². The molecule has 1 heterocycles. The molecule has 0 radical (unpaired) electrons. The Morgan fingerprint density at radius 2 is 1.53 bits per heavy atom. The summed E-state index contributed by atoms with van der Waals surface area (Å²) >= 11 is -1.38. The van der Waals surface area contributed by atoms with Gasteiger partial charge in [-0.15, -0.1) is 0 Å². The van der Waals surface area contributed by atoms with E-state index in [1.54, 1.807) is 0 Å². The summed E-state index contributed by atoms with van der Waals surface area (Å²) in [6.07, 6.45) is 0. The first kappa shape index (κ1) is 8.68. The number of hydrogen-bond acceptors (Lipinski definition) is 2. The van der Waals surface area contributed by atoms with E-state index in [-0.39, 0.29) is 0 Å². The summed E-state index contributed by atoms with van der Waals surface area (Å²) in [6.45, 7) is 0. The van der Waals surface area contributed by atoms with Crippen LogP contribution in [-0.4, -0.2) is 4.21 Å². The van der Waals surface area contributed by atoms with Gasteiger partial charge in [-0.05, 0) is 12.1 Å². The minimum atomic E-state index is -1.38. The van der Waals surface area contributed by atoms with E-state index in [4.69, 9.17) is 4.18 Å². The molecule has 0 N–H and O–H groups in total. The summed E-state index contributed by atoms with van der Waals surface area (Å²) < 4.78 is 17.1. The highest BCUT2D eigenvalue weighted by molar-refractivity contribution is 7.80. The lowest BCUT2D eigenvalue weighted by Crippen LogP contribution is -2.08. The Labute approximate surface area is 90.2 Å². The third kappa shape index (κ3) is 1.27. The molecule has 0 fully saturated rings. The first-order valence-electron chi connectivity index (χ1n) is 4.65. The Morgan fingerprint density at radius 1 is 0.867 bits per heavy atom. The van der Waals surface area contributed by atoms with E-state index in [2.05, 4.69) is 0 Å². The Morgan fingerprint density at radius 3 is 2.40 bits per heavy atom. The Hall–Kier alpha value is -1.61. The molecule has 1 atom stereocenters. The zero-order valence-electron chi connectivity index (χ0n) is 7.84. The maximum absolute atomic E-state index is 11.7. The van der Waals surface area contributed by atoms with Crippen LogP contribution < -0.4 is 4.18 Å². The quantitative estimate of drug-likeness (QED) is 0.677. The fourth-order valence-corrected chi connectivity index (χ4v) is 2.67. The monoisotopic (exact) mass is 216 g/mol. The number of hydrogen-bond donors (Lipinski definition) is 0. The summed E-state index contributed by atoms with van der Waals surface area (Å²) in [4.78, 5) is 0.746. The molecule has 0 amide bonds. The SMILES string of the molecule is O=[S@]1Oc2ccccc2-c2ccccc21. The second-order valence-corrected chi connectivity index (χ2v) is 4.39. The lowest BCUT2D eigenvalue weighted by Gasteiger charge is -2.18. The third-order valence-corrected chi connectivity index (χ3v) is 3.46. The van der Waals surface area contributed by atoms with Crippen molar-refractivity contribution in [3.05, 3.63) is 48.5 Å². The van der Waals surface area contributed by atoms with Crippen LogP contribution in [0.3, 0.4) is 0 Å². The van der Waals surface area contributed by atoms with Crippen LogP contribution in [0, 0.1) is 0 Å². The second kappa shape index (κ2) is 3.21. The molecule has 2 nitrogen and oxygen atoms in total. The van der Waals surface area contributed by atoms with Gasteiger partial charge in [-0.25, -0.2) is 4.21 Å². The van der Waals surface area contributed by atoms with Gasteiger partial charge in [-0.2, -0.15) is 0 Å². The van der Waals surface area contributed by atoms with Crippen molar-refractivity contribution in [3.8, 4) is 16.9 Å². The molecule has 0 spiro atoms. The molecule has 1 aliphatic heterocycles. The average Bonchev–Trinajstić information content (AvgIpc) is 2.30. The van der Waals surface area contributed by atoms with Crippen LogP contribution >= 0.6 is 0 Å². The summed E-state index contributed by atoms with van der Waals surface area (Å²) in [5.74, 6) is 0.689. The first-order chi connectivity index (χ1) is 7.36. The topological polar surface area (TPSA) is 26.3 Å². The minimum absolute atomic E-state index is 0.689. The highest BCUT2D eigenvalue weighted by atomic mass is 32.2. The second-order valence-electron chi connectivity index (χ2n) is 3.31. The van der Waals surface area contributed by atoms with Crippen LogP contribution in [0.25, 0.3) is 11.1 Å². The first-order valence-corrected chi connectivity index (χ1v) is 5.72. The molecule has 74 valence electrons. The smallest absolute Gasteiger partial charge is 0.241 e. The maximum Gasteiger partial charge on any atom is 0.241 e. The summed E-state index contributed by atoms with van der Waals surface area (Å²) in [5, 5.41) is 0. The van der Waals surface area contributed by atoms with Gasteiger partial charge in [0, 0.05) is 11.1 Å². The van der Waals surface area contributed by atoms with Gasteiger partial charge in [0.15, 0.2) is 0 Å². The third-order valence-electron chi connectivity index (χ3n) is 2.41. The van der Waals surface area contributed by atoms with Crippen molar-refractivity contribution in [3.63, 3.8) is 0 Å². The molecule has 3 rings (SSSR count). The molecular formula is C12H8O2S. The van der Waals surface area contributed by atoms with Gasteiger partial charge in [0.2, 0.25) is 11.1 Å². The highest BCUT2D eigenvalue weighted by Crippen LogP contribution is 2.38. The Kier molecular flexibility index (Phi) is 1.86. The van der Waals surface area contributed by atoms with E-state index >= 15 is 0 Å². The van der Waals surface area contributed by atoms with Gasteiger partial charge in [-0.3, -0.25) is 0 Å². The van der Waals surface area contributed by atoms with Crippen molar-refractivity contribution in [1.82, 2.24) is 0 Å². The number of benzene rings is 2. The van der Waals surface area contributed by atoms with Crippen molar-refractivity contribution in [2.24, 2.45) is 0 Å². The van der Waals surface area contributed by atoms with Gasteiger partial charge in [0.25, 0.3) is 0 Å². The van der Waals surface area contributed by atoms with Crippen LogP contribution in [0.1, 0.15) is 0 Å². The van der Waals surface area contributed by atoms with Gasteiger partial charge in [-0.1, -0.05) is 36.4 Å². The molecule has 0 saturated carbocycles. The largest absolute Gasteiger partial charge is 0.396 e. The van der Waals surface area contributed by atoms with Crippen LogP contribution in [0.5, 0.6) is 5.75 Å². The molecule has 0 unspecified atom stereocenters. The summed E-state index contributed by atoms with van der Waals surface area (Å²) in [7, 11) is 0. The van der Waals surface area contributed by atoms with Crippen molar-refractivity contribution < 1.29 is 8.39 Å². The van der Waals surface area contributed by atoms with E-state index in [1.807, 2.05) is 48.5 Å². The number of para-hydroxylation sites is 1. The zero-order chi connectivity index (χ0) is 10.3. The van der Waals surface area contributed by atoms with Gasteiger partial charge < -0.3 is 4.18 Å². The van der Waals surface area contributed by atoms with E-state index in [0.29, 0.717) is 5.75 Å². The van der Waals surface area contributed by atoms with Gasteiger partial charge in [0.05, 0.1) is 4.90 Å². The average molecular weight is 216 g/mol. The summed E-state index contributed by atoms with van der Waals surface area (Å²) in [5.41, 5.74) is 2.00. The van der Waals surface area contributed by atoms with E-state index < -0.39 is 11.1 Å². The van der Waals surface area contributed by atoms with E-state index in [9.17, 15) is 4.21 Å². The highest BCUT2D eigenvalue weighted by Gasteiger charge is 2.21. The van der Waals surface area contributed by atoms with Crippen molar-refractivity contribution in [1.29, 1.82) is 0 Å². The lowest BCUT2D eigenvalue weighted by atomic mass is 10.0. The lowest BCUT2D eigenvalue weighted by molar-refractivity contribution is 0.559. The fourth-order valence-electron chi connectivity index (χ4n) is 1.72. The fraction of sp³-hybridized carbons (Fsp3) is 0. The van der Waals surface area contributed by atoms with Crippen LogP contribution in [0.4, 0.5) is 0 Å². The standard InChI is InChI=1S/C12H8O2S/c13-15-12-8-4-2-6-10(12)9-5-1-3-7-11(9)14-15/h1-8H/t15-/m0/s1. The number of fused-ring (bicyclic) bond motifs is 3. The Bertz CT molecular complexity index is 549. The zero-order valence-corrected chi connectivity index (χ0v) is 8.66. The molecule has 2 aromatic rings. The predicted octanol–water partition coefficient (Wildman–Crippen LogP) is 2.77. The van der Waals surface area contributed by atoms with E-state index in [1.165, 1.54) is 0 Å². The van der Waals surface area contributed by atoms with Crippen LogP contribution in [0.2, 0.25) is 0 Å². The van der Waals surface area contributed by atoms with Crippen molar-refractivity contribution in [2.75, 3.05) is 0 Å². The molecule has 15 heavy (non-hydrogen) atoms. The molecule has 0 aliphatic carbocycles. The minimum Gasteiger partial charge on any atom is -0.396 e. The maximum atomic E-state index is 11.7. The molecule has 0 bridgehead atoms. The molecule has 0 saturated heterocycles. The predicted molar refractivity (Wildman–Crippen MR) is 58.9 cm³/mol. The van der Waals surface area contributed by atoms with Gasteiger partial charge >= 0.3 is 0 Å². The molecule has 0 aromatic heterocycles. The van der Waals surface area contributed by atoms with E-state index in [0.717, 1.165) is 16.0 Å². The van der Waals surface area contributed by atoms with Crippen molar-refractivity contribution >= 4 is 11.1 Å². The van der Waals surface area contributed by atoms with Gasteiger partial charge in [0.1, 0.15) is 5.75 Å². The summed E-state index contributed by atoms with van der Waals surface area (Å²) in [6, 6.07) is 15.3. The molecule has 1 aliphatic rings. The normalized spacial score (nSPS) is 17.5. The van der Waals surface area contributed by atoms with Crippen LogP contribution in [0.15, 0.2) is 53.4 Å². The molecule has 2 aromatic carbocycles. The number of rotatable bonds is 0. The molecular weight excluding hydrogens is 208 g/mol. The Balaban J connectivity index is 2.34.